The number of halogens is 2. The van der Waals surface area contributed by atoms with Crippen LogP contribution in [0.2, 0.25) is 0 Å². The molecular formula is C27H31F2N7O3. The summed E-state index contributed by atoms with van der Waals surface area (Å²) in [6.07, 6.45) is -0.711. The number of carbonyl (C=O) groups excluding carboxylic acids is 2. The molecule has 1 atom stereocenters. The minimum Gasteiger partial charge on any atom is -0.392 e. The smallest absolute Gasteiger partial charge is 0.328 e. The van der Waals surface area contributed by atoms with Gasteiger partial charge in [-0.2, -0.15) is 4.98 Å². The number of hydrogen-bond donors (Lipinski definition) is 4. The molecule has 1 aliphatic rings. The van der Waals surface area contributed by atoms with E-state index in [-0.39, 0.29) is 30.8 Å². The zero-order chi connectivity index (χ0) is 28.3. The van der Waals surface area contributed by atoms with Gasteiger partial charge in [0.2, 0.25) is 5.95 Å². The van der Waals surface area contributed by atoms with E-state index in [1.807, 2.05) is 25.9 Å². The fourth-order valence-corrected chi connectivity index (χ4v) is 4.12. The summed E-state index contributed by atoms with van der Waals surface area (Å²) in [5.41, 5.74) is 1.98. The second kappa shape index (κ2) is 11.7. The summed E-state index contributed by atoms with van der Waals surface area (Å²) in [5.74, 6) is -2.04. The Morgan fingerprint density at radius 3 is 2.59 bits per heavy atom. The van der Waals surface area contributed by atoms with Crippen molar-refractivity contribution in [1.29, 1.82) is 0 Å². The van der Waals surface area contributed by atoms with Crippen LogP contribution in [-0.2, 0) is 6.54 Å². The SMILES string of the molecule is Cc1ccc(C(=O)NCC(C)O)cc1-c1nc(NCCN(C)C)nc2c1CNC(=O)N2c1c(F)cccc1F. The largest absolute Gasteiger partial charge is 0.392 e. The molecule has 1 unspecified atom stereocenters. The lowest BCUT2D eigenvalue weighted by Crippen LogP contribution is -2.43. The van der Waals surface area contributed by atoms with Crippen LogP contribution >= 0.6 is 0 Å². The molecule has 0 radical (unpaired) electrons. The summed E-state index contributed by atoms with van der Waals surface area (Å²) in [7, 11) is 3.82. The Labute approximate surface area is 225 Å². The molecule has 10 nitrogen and oxygen atoms in total. The Morgan fingerprint density at radius 2 is 1.92 bits per heavy atom. The van der Waals surface area contributed by atoms with Gasteiger partial charge in [0, 0.05) is 36.3 Å². The number of nitrogens with zero attached hydrogens (tertiary/aromatic N) is 4. The maximum Gasteiger partial charge on any atom is 0.328 e. The molecule has 3 amide bonds. The first-order valence-corrected chi connectivity index (χ1v) is 12.5. The quantitative estimate of drug-likeness (QED) is 0.329. The third-order valence-electron chi connectivity index (χ3n) is 6.13. The highest BCUT2D eigenvalue weighted by Crippen LogP contribution is 2.39. The molecular weight excluding hydrogens is 508 g/mol. The topological polar surface area (TPSA) is 123 Å². The van der Waals surface area contributed by atoms with E-state index in [0.717, 1.165) is 22.6 Å². The van der Waals surface area contributed by atoms with Gasteiger partial charge in [-0.25, -0.2) is 23.5 Å². The molecule has 4 N–H and O–H groups in total. The van der Waals surface area contributed by atoms with E-state index in [1.165, 1.54) is 6.07 Å². The molecule has 0 fully saturated rings. The normalized spacial score (nSPS) is 13.6. The van der Waals surface area contributed by atoms with Crippen molar-refractivity contribution in [3.05, 3.63) is 64.7 Å². The van der Waals surface area contributed by atoms with Crippen molar-refractivity contribution in [2.75, 3.05) is 43.9 Å². The Bertz CT molecular complexity index is 1380. The number of aliphatic hydroxyl groups is 1. The van der Waals surface area contributed by atoms with E-state index in [4.69, 9.17) is 4.98 Å². The number of urea groups is 1. The number of likely N-dealkylation sites (N-methyl/N-ethyl adjacent to an activating group) is 1. The van der Waals surface area contributed by atoms with Crippen molar-refractivity contribution in [1.82, 2.24) is 25.5 Å². The van der Waals surface area contributed by atoms with Gasteiger partial charge in [0.25, 0.3) is 5.91 Å². The molecule has 4 rings (SSSR count). The minimum atomic E-state index is -0.923. The van der Waals surface area contributed by atoms with Crippen LogP contribution in [0.25, 0.3) is 11.3 Å². The van der Waals surface area contributed by atoms with Crippen molar-refractivity contribution < 1.29 is 23.5 Å². The third kappa shape index (κ3) is 6.13. The second-order valence-electron chi connectivity index (χ2n) is 9.58. The number of para-hydroxylation sites is 1. The number of aryl methyl sites for hydroxylation is 1. The second-order valence-corrected chi connectivity index (χ2v) is 9.58. The first kappa shape index (κ1) is 27.9. The van der Waals surface area contributed by atoms with Crippen molar-refractivity contribution in [3.8, 4) is 11.3 Å². The van der Waals surface area contributed by atoms with Crippen molar-refractivity contribution in [2.45, 2.75) is 26.5 Å². The molecule has 0 bridgehead atoms. The van der Waals surface area contributed by atoms with Crippen LogP contribution in [0.5, 0.6) is 0 Å². The van der Waals surface area contributed by atoms with Gasteiger partial charge in [-0.1, -0.05) is 12.1 Å². The average Bonchev–Trinajstić information content (AvgIpc) is 2.88. The molecule has 0 spiro atoms. The summed E-state index contributed by atoms with van der Waals surface area (Å²) in [4.78, 5) is 37.8. The number of aromatic nitrogens is 2. The number of benzene rings is 2. The van der Waals surface area contributed by atoms with Gasteiger partial charge in [-0.15, -0.1) is 0 Å². The summed E-state index contributed by atoms with van der Waals surface area (Å²) in [6.45, 7) is 4.62. The Morgan fingerprint density at radius 1 is 1.21 bits per heavy atom. The molecule has 206 valence electrons. The van der Waals surface area contributed by atoms with Crippen LogP contribution in [0.4, 0.5) is 31.0 Å². The fourth-order valence-electron chi connectivity index (χ4n) is 4.12. The van der Waals surface area contributed by atoms with E-state index in [2.05, 4.69) is 20.9 Å². The number of anilines is 3. The lowest BCUT2D eigenvalue weighted by Gasteiger charge is -2.31. The molecule has 0 saturated heterocycles. The third-order valence-corrected chi connectivity index (χ3v) is 6.13. The maximum absolute atomic E-state index is 14.9. The first-order valence-electron chi connectivity index (χ1n) is 12.5. The van der Waals surface area contributed by atoms with Crippen LogP contribution in [0.15, 0.2) is 36.4 Å². The molecule has 2 heterocycles. The highest BCUT2D eigenvalue weighted by molar-refractivity contribution is 6.02. The number of nitrogens with one attached hydrogen (secondary N) is 3. The summed E-state index contributed by atoms with van der Waals surface area (Å²) < 4.78 is 29.7. The Kier molecular flexibility index (Phi) is 8.36. The minimum absolute atomic E-state index is 0.00589. The molecule has 0 aliphatic carbocycles. The zero-order valence-electron chi connectivity index (χ0n) is 22.2. The number of carbonyl (C=O) groups is 2. The van der Waals surface area contributed by atoms with Crippen LogP contribution in [0.1, 0.15) is 28.4 Å². The van der Waals surface area contributed by atoms with Gasteiger partial charge in [0.1, 0.15) is 17.3 Å². The Hall–Kier alpha value is -4.16. The average molecular weight is 540 g/mol. The van der Waals surface area contributed by atoms with Gasteiger partial charge in [0.15, 0.2) is 5.82 Å². The van der Waals surface area contributed by atoms with Gasteiger partial charge in [0.05, 0.1) is 18.3 Å². The van der Waals surface area contributed by atoms with E-state index in [9.17, 15) is 23.5 Å². The zero-order valence-corrected chi connectivity index (χ0v) is 22.2. The molecule has 1 aliphatic heterocycles. The Balaban J connectivity index is 1.88. The number of hydrogen-bond acceptors (Lipinski definition) is 7. The lowest BCUT2D eigenvalue weighted by atomic mass is 9.97. The number of aliphatic hydroxyl groups excluding tert-OH is 1. The monoisotopic (exact) mass is 539 g/mol. The predicted octanol–water partition coefficient (Wildman–Crippen LogP) is 3.18. The molecule has 1 aromatic heterocycles. The van der Waals surface area contributed by atoms with E-state index in [0.29, 0.717) is 35.5 Å². The predicted molar refractivity (Wildman–Crippen MR) is 144 cm³/mol. The van der Waals surface area contributed by atoms with Crippen LogP contribution < -0.4 is 20.9 Å². The van der Waals surface area contributed by atoms with E-state index >= 15 is 0 Å². The number of amides is 3. The van der Waals surface area contributed by atoms with Gasteiger partial charge in [-0.05, 0) is 57.8 Å². The van der Waals surface area contributed by atoms with E-state index < -0.39 is 29.5 Å². The van der Waals surface area contributed by atoms with Crippen LogP contribution in [-0.4, -0.2) is 71.7 Å². The van der Waals surface area contributed by atoms with Crippen molar-refractivity contribution >= 4 is 29.4 Å². The summed E-state index contributed by atoms with van der Waals surface area (Å²) in [5, 5.41) is 18.0. The standard InChI is InChI=1S/C27H31F2N7O3/c1-15-8-9-17(25(38)31-13-16(2)37)12-18(15)22-19-14-32-27(39)36(23-20(28)6-5-7-21(23)29)24(19)34-26(33-22)30-10-11-35(3)4/h5-9,12,16,37H,10-11,13-14H2,1-4H3,(H,31,38)(H,32,39)(H,30,33,34). The molecule has 12 heteroatoms. The van der Waals surface area contributed by atoms with Crippen LogP contribution in [0.3, 0.4) is 0 Å². The van der Waals surface area contributed by atoms with E-state index in [1.54, 1.807) is 25.1 Å². The fraction of sp³-hybridized carbons (Fsp3) is 0.333. The van der Waals surface area contributed by atoms with Crippen LogP contribution in [0, 0.1) is 18.6 Å². The molecule has 0 saturated carbocycles. The van der Waals surface area contributed by atoms with Crippen molar-refractivity contribution in [3.63, 3.8) is 0 Å². The van der Waals surface area contributed by atoms with Gasteiger partial charge >= 0.3 is 6.03 Å². The molecule has 2 aromatic carbocycles. The molecule has 39 heavy (non-hydrogen) atoms. The van der Waals surface area contributed by atoms with Gasteiger partial charge < -0.3 is 26.0 Å². The van der Waals surface area contributed by atoms with Crippen molar-refractivity contribution in [2.24, 2.45) is 0 Å². The molecule has 3 aromatic rings. The highest BCUT2D eigenvalue weighted by atomic mass is 19.1. The highest BCUT2D eigenvalue weighted by Gasteiger charge is 2.34. The maximum atomic E-state index is 14.9. The summed E-state index contributed by atoms with van der Waals surface area (Å²) in [6, 6.07) is 7.68. The summed E-state index contributed by atoms with van der Waals surface area (Å²) >= 11 is 0. The van der Waals surface area contributed by atoms with Gasteiger partial charge in [-0.3, -0.25) is 4.79 Å². The first-order chi connectivity index (χ1) is 18.6. The number of rotatable bonds is 9. The number of fused-ring (bicyclic) bond motifs is 1. The lowest BCUT2D eigenvalue weighted by molar-refractivity contribution is 0.0924.